The number of hydrogen-bond acceptors (Lipinski definition) is 3. The molecular weight excluding hydrogens is 423 g/mol. The Kier molecular flexibility index (Phi) is 8.56. The fourth-order valence-corrected chi connectivity index (χ4v) is 3.33. The normalized spacial score (nSPS) is 11.9. The average Bonchev–Trinajstić information content (AvgIpc) is 2.66. The second kappa shape index (κ2) is 10.7. The van der Waals surface area contributed by atoms with Crippen molar-refractivity contribution in [2.75, 3.05) is 6.61 Å². The van der Waals surface area contributed by atoms with Gasteiger partial charge >= 0.3 is 0 Å². The highest BCUT2D eigenvalue weighted by atomic mass is 35.5. The molecule has 0 bridgehead atoms. The van der Waals surface area contributed by atoms with E-state index in [4.69, 9.17) is 27.9 Å². The second-order valence-corrected chi connectivity index (χ2v) is 8.48. The maximum atomic E-state index is 13.0. The molecule has 5 nitrogen and oxygen atoms in total. The van der Waals surface area contributed by atoms with Gasteiger partial charge in [0.25, 0.3) is 5.91 Å². The lowest BCUT2D eigenvalue weighted by molar-refractivity contribution is -0.142. The number of rotatable bonds is 8. The van der Waals surface area contributed by atoms with Crippen molar-refractivity contribution in [3.8, 4) is 5.75 Å². The summed E-state index contributed by atoms with van der Waals surface area (Å²) in [5, 5.41) is 3.68. The predicted octanol–water partition coefficient (Wildman–Crippen LogP) is 4.93. The molecule has 1 atom stereocenters. The Bertz CT molecular complexity index is 915. The van der Waals surface area contributed by atoms with E-state index >= 15 is 0 Å². The Morgan fingerprint density at radius 2 is 1.73 bits per heavy atom. The van der Waals surface area contributed by atoms with Gasteiger partial charge in [0.15, 0.2) is 6.61 Å². The predicted molar refractivity (Wildman–Crippen MR) is 121 cm³/mol. The highest BCUT2D eigenvalue weighted by Gasteiger charge is 2.27. The zero-order chi connectivity index (χ0) is 22.4. The first-order chi connectivity index (χ1) is 14.1. The molecule has 0 heterocycles. The van der Waals surface area contributed by atoms with Gasteiger partial charge < -0.3 is 15.0 Å². The summed E-state index contributed by atoms with van der Waals surface area (Å²) in [4.78, 5) is 27.1. The second-order valence-electron chi connectivity index (χ2n) is 7.67. The van der Waals surface area contributed by atoms with Gasteiger partial charge in [-0.3, -0.25) is 9.59 Å². The Labute approximate surface area is 188 Å². The van der Waals surface area contributed by atoms with Crippen LogP contribution in [0.15, 0.2) is 36.4 Å². The van der Waals surface area contributed by atoms with Crippen molar-refractivity contribution in [1.82, 2.24) is 10.2 Å². The molecule has 0 aromatic heterocycles. The molecular formula is C23H28Cl2N2O3. The molecule has 162 valence electrons. The molecule has 0 aliphatic carbocycles. The van der Waals surface area contributed by atoms with Crippen LogP contribution in [0.1, 0.15) is 37.5 Å². The van der Waals surface area contributed by atoms with E-state index in [9.17, 15) is 9.59 Å². The number of carbonyl (C=O) groups is 2. The minimum Gasteiger partial charge on any atom is -0.483 e. The van der Waals surface area contributed by atoms with E-state index in [1.807, 2.05) is 45.9 Å². The standard InChI is InChI=1S/C23H28Cl2N2O3/c1-14(2)26-23(29)17(5)27(12-18-7-8-19(24)20(25)11-18)22(28)13-30-21-9-6-15(3)10-16(21)4/h6-11,14,17H,12-13H2,1-5H3,(H,26,29)/t17-/m1/s1. The van der Waals surface area contributed by atoms with Crippen LogP contribution in [0.2, 0.25) is 10.0 Å². The molecule has 0 spiro atoms. The van der Waals surface area contributed by atoms with Crippen molar-refractivity contribution >= 4 is 35.0 Å². The van der Waals surface area contributed by atoms with E-state index in [-0.39, 0.29) is 31.0 Å². The van der Waals surface area contributed by atoms with Crippen molar-refractivity contribution in [2.24, 2.45) is 0 Å². The van der Waals surface area contributed by atoms with Crippen LogP contribution in [0.3, 0.4) is 0 Å². The number of nitrogens with one attached hydrogen (secondary N) is 1. The number of carbonyl (C=O) groups excluding carboxylic acids is 2. The number of benzene rings is 2. The molecule has 0 aliphatic rings. The maximum absolute atomic E-state index is 13.0. The van der Waals surface area contributed by atoms with Crippen molar-refractivity contribution in [2.45, 2.75) is 53.2 Å². The minimum absolute atomic E-state index is 0.0339. The maximum Gasteiger partial charge on any atom is 0.261 e. The van der Waals surface area contributed by atoms with Crippen LogP contribution in [-0.4, -0.2) is 35.4 Å². The number of aryl methyl sites for hydroxylation is 2. The Morgan fingerprint density at radius 1 is 1.03 bits per heavy atom. The third-order valence-corrected chi connectivity index (χ3v) is 5.36. The number of amides is 2. The molecule has 30 heavy (non-hydrogen) atoms. The first kappa shape index (κ1) is 24.0. The molecule has 0 aliphatic heterocycles. The van der Waals surface area contributed by atoms with E-state index in [0.29, 0.717) is 15.8 Å². The van der Waals surface area contributed by atoms with Crippen molar-refractivity contribution in [3.05, 3.63) is 63.1 Å². The molecule has 2 amide bonds. The van der Waals surface area contributed by atoms with Gasteiger partial charge in [-0.25, -0.2) is 0 Å². The summed E-state index contributed by atoms with van der Waals surface area (Å²) in [7, 11) is 0. The number of nitrogens with zero attached hydrogens (tertiary/aromatic N) is 1. The zero-order valence-corrected chi connectivity index (χ0v) is 19.5. The smallest absolute Gasteiger partial charge is 0.261 e. The number of halogens is 2. The summed E-state index contributed by atoms with van der Waals surface area (Å²) in [6.45, 7) is 9.40. The summed E-state index contributed by atoms with van der Waals surface area (Å²) in [6, 6.07) is 10.2. The van der Waals surface area contributed by atoms with E-state index in [0.717, 1.165) is 16.7 Å². The van der Waals surface area contributed by atoms with Crippen LogP contribution in [-0.2, 0) is 16.1 Å². The van der Waals surface area contributed by atoms with Crippen molar-refractivity contribution in [3.63, 3.8) is 0 Å². The van der Waals surface area contributed by atoms with Gasteiger partial charge in [0, 0.05) is 12.6 Å². The summed E-state index contributed by atoms with van der Waals surface area (Å²) in [6.07, 6.45) is 0. The third kappa shape index (κ3) is 6.64. The fraction of sp³-hybridized carbons (Fsp3) is 0.391. The molecule has 2 rings (SSSR count). The SMILES string of the molecule is Cc1ccc(OCC(=O)N(Cc2ccc(Cl)c(Cl)c2)[C@H](C)C(=O)NC(C)C)c(C)c1. The lowest BCUT2D eigenvalue weighted by Gasteiger charge is -2.29. The molecule has 7 heteroatoms. The summed E-state index contributed by atoms with van der Waals surface area (Å²) in [5.74, 6) is 0.111. The quantitative estimate of drug-likeness (QED) is 0.619. The summed E-state index contributed by atoms with van der Waals surface area (Å²) >= 11 is 12.1. The lowest BCUT2D eigenvalue weighted by Crippen LogP contribution is -2.50. The molecule has 0 saturated carbocycles. The molecule has 2 aromatic rings. The van der Waals surface area contributed by atoms with Gasteiger partial charge in [-0.15, -0.1) is 0 Å². The van der Waals surface area contributed by atoms with Crippen LogP contribution in [0, 0.1) is 13.8 Å². The Balaban J connectivity index is 2.20. The van der Waals surface area contributed by atoms with Gasteiger partial charge in [0.2, 0.25) is 5.91 Å². The summed E-state index contributed by atoms with van der Waals surface area (Å²) < 4.78 is 5.76. The van der Waals surface area contributed by atoms with E-state index < -0.39 is 6.04 Å². The van der Waals surface area contributed by atoms with Gasteiger partial charge in [-0.2, -0.15) is 0 Å². The monoisotopic (exact) mass is 450 g/mol. The molecule has 0 radical (unpaired) electrons. The third-order valence-electron chi connectivity index (χ3n) is 4.62. The van der Waals surface area contributed by atoms with Crippen LogP contribution in [0.25, 0.3) is 0 Å². The van der Waals surface area contributed by atoms with Crippen LogP contribution >= 0.6 is 23.2 Å². The first-order valence-electron chi connectivity index (χ1n) is 9.82. The summed E-state index contributed by atoms with van der Waals surface area (Å²) in [5.41, 5.74) is 2.84. The first-order valence-corrected chi connectivity index (χ1v) is 10.6. The topological polar surface area (TPSA) is 58.6 Å². The highest BCUT2D eigenvalue weighted by Crippen LogP contribution is 2.24. The molecule has 0 unspecified atom stereocenters. The molecule has 2 aromatic carbocycles. The average molecular weight is 451 g/mol. The number of hydrogen-bond donors (Lipinski definition) is 1. The van der Waals surface area contributed by atoms with Gasteiger partial charge in [0.1, 0.15) is 11.8 Å². The van der Waals surface area contributed by atoms with Crippen LogP contribution in [0.4, 0.5) is 0 Å². The number of ether oxygens (including phenoxy) is 1. The van der Waals surface area contributed by atoms with Gasteiger partial charge in [-0.1, -0.05) is 47.0 Å². The Morgan fingerprint density at radius 3 is 2.33 bits per heavy atom. The largest absolute Gasteiger partial charge is 0.483 e. The molecule has 0 saturated heterocycles. The van der Waals surface area contributed by atoms with Gasteiger partial charge in [-0.05, 0) is 63.9 Å². The fourth-order valence-electron chi connectivity index (χ4n) is 3.01. The highest BCUT2D eigenvalue weighted by molar-refractivity contribution is 6.42. The van der Waals surface area contributed by atoms with Crippen molar-refractivity contribution < 1.29 is 14.3 Å². The zero-order valence-electron chi connectivity index (χ0n) is 18.0. The molecule has 1 N–H and O–H groups in total. The minimum atomic E-state index is -0.683. The van der Waals surface area contributed by atoms with Crippen LogP contribution in [0.5, 0.6) is 5.75 Å². The van der Waals surface area contributed by atoms with E-state index in [1.54, 1.807) is 25.1 Å². The van der Waals surface area contributed by atoms with Gasteiger partial charge in [0.05, 0.1) is 10.0 Å². The van der Waals surface area contributed by atoms with Crippen LogP contribution < -0.4 is 10.1 Å². The van der Waals surface area contributed by atoms with Crippen molar-refractivity contribution in [1.29, 1.82) is 0 Å². The van der Waals surface area contributed by atoms with E-state index in [1.165, 1.54) is 4.90 Å². The Hall–Kier alpha value is -2.24. The lowest BCUT2D eigenvalue weighted by atomic mass is 10.1. The van der Waals surface area contributed by atoms with E-state index in [2.05, 4.69) is 5.32 Å². The molecule has 0 fully saturated rings.